The van der Waals surface area contributed by atoms with Gasteiger partial charge in [0, 0.05) is 19.1 Å². The molecule has 1 amide bonds. The van der Waals surface area contributed by atoms with Crippen molar-refractivity contribution in [1.29, 1.82) is 5.26 Å². The summed E-state index contributed by atoms with van der Waals surface area (Å²) in [6.07, 6.45) is 4.35. The molecular formula is C15H21N5O2. The van der Waals surface area contributed by atoms with Crippen LogP contribution in [0.3, 0.4) is 0 Å². The van der Waals surface area contributed by atoms with Crippen LogP contribution in [0.2, 0.25) is 0 Å². The number of nitrogens with one attached hydrogen (secondary N) is 1. The number of nitrogens with zero attached hydrogens (tertiary/aromatic N) is 4. The second kappa shape index (κ2) is 6.60. The highest BCUT2D eigenvalue weighted by Crippen LogP contribution is 2.17. The van der Waals surface area contributed by atoms with Gasteiger partial charge in [-0.05, 0) is 33.6 Å². The Bertz CT molecular complexity index is 551. The second-order valence-corrected chi connectivity index (χ2v) is 6.28. The van der Waals surface area contributed by atoms with Gasteiger partial charge in [0.1, 0.15) is 17.5 Å². The Balaban J connectivity index is 1.82. The summed E-state index contributed by atoms with van der Waals surface area (Å²) in [6.45, 7) is 7.10. The molecule has 118 valence electrons. The van der Waals surface area contributed by atoms with Crippen molar-refractivity contribution >= 4 is 11.9 Å². The van der Waals surface area contributed by atoms with Crippen LogP contribution in [0.4, 0.5) is 10.6 Å². The number of nitriles is 1. The van der Waals surface area contributed by atoms with Crippen molar-refractivity contribution in [3.8, 4) is 6.07 Å². The highest BCUT2D eigenvalue weighted by molar-refractivity contribution is 5.68. The molecule has 1 fully saturated rings. The highest BCUT2D eigenvalue weighted by atomic mass is 16.6. The van der Waals surface area contributed by atoms with E-state index >= 15 is 0 Å². The van der Waals surface area contributed by atoms with E-state index in [4.69, 9.17) is 10.00 Å². The first kappa shape index (κ1) is 16.0. The molecule has 22 heavy (non-hydrogen) atoms. The van der Waals surface area contributed by atoms with Gasteiger partial charge in [-0.2, -0.15) is 5.26 Å². The molecular weight excluding hydrogens is 282 g/mol. The molecule has 0 radical (unpaired) electrons. The van der Waals surface area contributed by atoms with Gasteiger partial charge < -0.3 is 15.0 Å². The van der Waals surface area contributed by atoms with Crippen LogP contribution in [0.5, 0.6) is 0 Å². The van der Waals surface area contributed by atoms with Gasteiger partial charge in [-0.1, -0.05) is 0 Å². The molecule has 1 aromatic rings. The summed E-state index contributed by atoms with van der Waals surface area (Å²) in [7, 11) is 0. The number of hydrogen-bond donors (Lipinski definition) is 1. The van der Waals surface area contributed by atoms with Gasteiger partial charge in [-0.15, -0.1) is 0 Å². The number of carbonyl (C=O) groups is 1. The van der Waals surface area contributed by atoms with Crippen molar-refractivity contribution in [3.63, 3.8) is 0 Å². The number of aromatic nitrogens is 2. The minimum Gasteiger partial charge on any atom is -0.444 e. The number of carbonyl (C=O) groups excluding carboxylic acids is 1. The molecule has 0 saturated carbocycles. The van der Waals surface area contributed by atoms with Gasteiger partial charge >= 0.3 is 6.09 Å². The molecule has 7 heteroatoms. The Morgan fingerprint density at radius 2 is 2.05 bits per heavy atom. The summed E-state index contributed by atoms with van der Waals surface area (Å²) in [5.74, 6) is 0.759. The van der Waals surface area contributed by atoms with E-state index < -0.39 is 5.60 Å². The van der Waals surface area contributed by atoms with E-state index in [9.17, 15) is 4.79 Å². The number of anilines is 1. The lowest BCUT2D eigenvalue weighted by molar-refractivity contribution is 0.0497. The molecule has 1 N–H and O–H groups in total. The van der Waals surface area contributed by atoms with E-state index in [1.807, 2.05) is 26.8 Å². The predicted molar refractivity (Wildman–Crippen MR) is 81.4 cm³/mol. The molecule has 0 atom stereocenters. The summed E-state index contributed by atoms with van der Waals surface area (Å²) < 4.78 is 5.26. The fraction of sp³-hybridized carbons (Fsp3) is 0.600. The van der Waals surface area contributed by atoms with Crippen LogP contribution in [-0.4, -0.2) is 40.8 Å². The van der Waals surface area contributed by atoms with Crippen LogP contribution in [0.15, 0.2) is 12.4 Å². The molecule has 1 aromatic heterocycles. The van der Waals surface area contributed by atoms with Gasteiger partial charge in [0.15, 0.2) is 5.69 Å². The average Bonchev–Trinajstić information content (AvgIpc) is 2.46. The first-order valence-electron chi connectivity index (χ1n) is 7.34. The van der Waals surface area contributed by atoms with E-state index in [2.05, 4.69) is 20.2 Å². The highest BCUT2D eigenvalue weighted by Gasteiger charge is 2.24. The van der Waals surface area contributed by atoms with Crippen molar-refractivity contribution in [2.24, 2.45) is 0 Å². The Labute approximate surface area is 130 Å². The van der Waals surface area contributed by atoms with Crippen molar-refractivity contribution in [1.82, 2.24) is 15.3 Å². The fourth-order valence-corrected chi connectivity index (χ4v) is 2.27. The van der Waals surface area contributed by atoms with Gasteiger partial charge in [0.05, 0.1) is 12.4 Å². The number of ether oxygens (including phenoxy) is 1. The number of hydrogen-bond acceptors (Lipinski definition) is 6. The van der Waals surface area contributed by atoms with Crippen LogP contribution in [-0.2, 0) is 4.74 Å². The first-order valence-corrected chi connectivity index (χ1v) is 7.34. The van der Waals surface area contributed by atoms with Crippen molar-refractivity contribution in [2.45, 2.75) is 45.3 Å². The predicted octanol–water partition coefficient (Wildman–Crippen LogP) is 1.84. The molecule has 2 heterocycles. The van der Waals surface area contributed by atoms with Crippen LogP contribution in [0, 0.1) is 11.3 Å². The van der Waals surface area contributed by atoms with E-state index in [0.29, 0.717) is 5.69 Å². The van der Waals surface area contributed by atoms with Gasteiger partial charge in [-0.3, -0.25) is 0 Å². The van der Waals surface area contributed by atoms with Crippen LogP contribution < -0.4 is 10.2 Å². The number of piperidine rings is 1. The topological polar surface area (TPSA) is 91.1 Å². The average molecular weight is 303 g/mol. The Morgan fingerprint density at radius 3 is 2.55 bits per heavy atom. The molecule has 1 aliphatic heterocycles. The van der Waals surface area contributed by atoms with Crippen molar-refractivity contribution in [3.05, 3.63) is 18.1 Å². The number of rotatable bonds is 2. The van der Waals surface area contributed by atoms with Crippen LogP contribution >= 0.6 is 0 Å². The molecule has 1 saturated heterocycles. The smallest absolute Gasteiger partial charge is 0.407 e. The second-order valence-electron chi connectivity index (χ2n) is 6.28. The van der Waals surface area contributed by atoms with Crippen molar-refractivity contribution < 1.29 is 9.53 Å². The summed E-state index contributed by atoms with van der Waals surface area (Å²) in [5, 5.41) is 11.6. The normalized spacial score (nSPS) is 16.0. The summed E-state index contributed by atoms with van der Waals surface area (Å²) in [4.78, 5) is 22.1. The molecule has 2 rings (SSSR count). The minimum atomic E-state index is -0.483. The Hall–Kier alpha value is -2.36. The maximum Gasteiger partial charge on any atom is 0.407 e. The minimum absolute atomic E-state index is 0.109. The number of amides is 1. The Kier molecular flexibility index (Phi) is 4.81. The van der Waals surface area contributed by atoms with Gasteiger partial charge in [-0.25, -0.2) is 14.8 Å². The van der Waals surface area contributed by atoms with E-state index in [0.717, 1.165) is 31.7 Å². The van der Waals surface area contributed by atoms with Crippen LogP contribution in [0.25, 0.3) is 0 Å². The zero-order chi connectivity index (χ0) is 16.2. The fourth-order valence-electron chi connectivity index (χ4n) is 2.27. The molecule has 1 aliphatic rings. The maximum atomic E-state index is 11.7. The van der Waals surface area contributed by atoms with E-state index in [1.54, 1.807) is 6.20 Å². The zero-order valence-electron chi connectivity index (χ0n) is 13.2. The van der Waals surface area contributed by atoms with Gasteiger partial charge in [0.2, 0.25) is 0 Å². The standard InChI is InChI=1S/C15H21N5O2/c1-15(2,3)22-14(21)19-11-4-6-20(7-5-11)13-10-17-12(8-16)9-18-13/h9-11H,4-7H2,1-3H3,(H,19,21). The molecule has 0 unspecified atom stereocenters. The number of alkyl carbamates (subject to hydrolysis) is 1. The maximum absolute atomic E-state index is 11.7. The third-order valence-corrected chi connectivity index (χ3v) is 3.29. The van der Waals surface area contributed by atoms with Gasteiger partial charge in [0.25, 0.3) is 0 Å². The molecule has 0 bridgehead atoms. The Morgan fingerprint density at radius 1 is 1.36 bits per heavy atom. The van der Waals surface area contributed by atoms with Crippen molar-refractivity contribution in [2.75, 3.05) is 18.0 Å². The summed E-state index contributed by atoms with van der Waals surface area (Å²) in [5.41, 5.74) is -0.173. The molecule has 7 nitrogen and oxygen atoms in total. The third kappa shape index (κ3) is 4.58. The zero-order valence-corrected chi connectivity index (χ0v) is 13.2. The summed E-state index contributed by atoms with van der Waals surface area (Å²) in [6, 6.07) is 2.06. The summed E-state index contributed by atoms with van der Waals surface area (Å²) >= 11 is 0. The molecule has 0 aliphatic carbocycles. The first-order chi connectivity index (χ1) is 10.4. The molecule has 0 spiro atoms. The lowest BCUT2D eigenvalue weighted by Crippen LogP contribution is -2.46. The lowest BCUT2D eigenvalue weighted by Gasteiger charge is -2.33. The lowest BCUT2D eigenvalue weighted by atomic mass is 10.1. The van der Waals surface area contributed by atoms with E-state index in [-0.39, 0.29) is 12.1 Å². The third-order valence-electron chi connectivity index (χ3n) is 3.29. The monoisotopic (exact) mass is 303 g/mol. The molecule has 0 aromatic carbocycles. The van der Waals surface area contributed by atoms with E-state index in [1.165, 1.54) is 6.20 Å². The SMILES string of the molecule is CC(C)(C)OC(=O)NC1CCN(c2cnc(C#N)cn2)CC1. The van der Waals surface area contributed by atoms with Crippen LogP contribution in [0.1, 0.15) is 39.3 Å². The largest absolute Gasteiger partial charge is 0.444 e. The quantitative estimate of drug-likeness (QED) is 0.896.